The van der Waals surface area contributed by atoms with Gasteiger partial charge in [0.05, 0.1) is 12.8 Å². The smallest absolute Gasteiger partial charge is 0.237 e. The van der Waals surface area contributed by atoms with Crippen LogP contribution in [0.1, 0.15) is 11.1 Å². The Morgan fingerprint density at radius 3 is 2.29 bits per heavy atom. The number of nitrogens with zero attached hydrogens (tertiary/aromatic N) is 3. The molecule has 1 aliphatic heterocycles. The fraction of sp³-hybridized carbons (Fsp3) is 0.348. The van der Waals surface area contributed by atoms with Crippen LogP contribution in [0.15, 0.2) is 65.1 Å². The van der Waals surface area contributed by atoms with E-state index < -0.39 is 10.0 Å². The molecule has 0 saturated carbocycles. The van der Waals surface area contributed by atoms with Crippen LogP contribution < -0.4 is 0 Å². The van der Waals surface area contributed by atoms with Crippen molar-refractivity contribution in [1.29, 1.82) is 0 Å². The van der Waals surface area contributed by atoms with Crippen molar-refractivity contribution in [1.82, 2.24) is 14.1 Å². The van der Waals surface area contributed by atoms with Gasteiger partial charge in [-0.2, -0.15) is 4.31 Å². The zero-order valence-electron chi connectivity index (χ0n) is 17.7. The highest BCUT2D eigenvalue weighted by molar-refractivity contribution is 9.10. The van der Waals surface area contributed by atoms with Gasteiger partial charge in [-0.05, 0) is 23.3 Å². The average Bonchev–Trinajstić information content (AvgIpc) is 2.75. The number of sulfonamides is 1. The SMILES string of the molecule is CS(=O)(=O)N(CC(=O)N1CCN(C/C=C/c2ccccc2)CC1)Cc1ccc(Br)cc1. The van der Waals surface area contributed by atoms with E-state index in [2.05, 4.69) is 45.1 Å². The van der Waals surface area contributed by atoms with Crippen molar-refractivity contribution in [2.45, 2.75) is 6.54 Å². The van der Waals surface area contributed by atoms with Gasteiger partial charge < -0.3 is 4.90 Å². The van der Waals surface area contributed by atoms with E-state index in [0.29, 0.717) is 13.1 Å². The van der Waals surface area contributed by atoms with Gasteiger partial charge in [-0.1, -0.05) is 70.5 Å². The Bertz CT molecular complexity index is 986. The molecule has 6 nitrogen and oxygen atoms in total. The molecule has 8 heteroatoms. The average molecular weight is 506 g/mol. The van der Waals surface area contributed by atoms with Gasteiger partial charge in [0.2, 0.25) is 15.9 Å². The molecule has 0 N–H and O–H groups in total. The van der Waals surface area contributed by atoms with Crippen molar-refractivity contribution in [2.75, 3.05) is 45.5 Å². The molecule has 2 aromatic rings. The van der Waals surface area contributed by atoms with Crippen LogP contribution in [0.4, 0.5) is 0 Å². The first-order chi connectivity index (χ1) is 14.8. The molecule has 1 amide bonds. The zero-order valence-corrected chi connectivity index (χ0v) is 20.1. The monoisotopic (exact) mass is 505 g/mol. The van der Waals surface area contributed by atoms with Gasteiger partial charge in [-0.25, -0.2) is 8.42 Å². The Morgan fingerprint density at radius 1 is 1.03 bits per heavy atom. The topological polar surface area (TPSA) is 60.9 Å². The maximum atomic E-state index is 12.8. The van der Waals surface area contributed by atoms with Gasteiger partial charge in [0.15, 0.2) is 0 Å². The maximum absolute atomic E-state index is 12.8. The maximum Gasteiger partial charge on any atom is 0.237 e. The van der Waals surface area contributed by atoms with Crippen molar-refractivity contribution in [3.8, 4) is 0 Å². The summed E-state index contributed by atoms with van der Waals surface area (Å²) in [7, 11) is -3.50. The largest absolute Gasteiger partial charge is 0.339 e. The van der Waals surface area contributed by atoms with E-state index >= 15 is 0 Å². The lowest BCUT2D eigenvalue weighted by atomic mass is 10.2. The van der Waals surface area contributed by atoms with Gasteiger partial charge in [-0.15, -0.1) is 0 Å². The Hall–Kier alpha value is -2.00. The van der Waals surface area contributed by atoms with Gasteiger partial charge in [0.25, 0.3) is 0 Å². The van der Waals surface area contributed by atoms with Crippen LogP contribution in [0.5, 0.6) is 0 Å². The molecular weight excluding hydrogens is 478 g/mol. The number of halogens is 1. The number of hydrogen-bond acceptors (Lipinski definition) is 4. The lowest BCUT2D eigenvalue weighted by Gasteiger charge is -2.35. The third kappa shape index (κ3) is 7.57. The normalized spacial score (nSPS) is 15.6. The molecule has 1 aliphatic rings. The summed E-state index contributed by atoms with van der Waals surface area (Å²) < 4.78 is 26.6. The molecule has 31 heavy (non-hydrogen) atoms. The van der Waals surface area contributed by atoms with Crippen molar-refractivity contribution < 1.29 is 13.2 Å². The molecule has 1 saturated heterocycles. The van der Waals surface area contributed by atoms with Crippen molar-refractivity contribution in [2.24, 2.45) is 0 Å². The van der Waals surface area contributed by atoms with E-state index in [0.717, 1.165) is 35.9 Å². The summed E-state index contributed by atoms with van der Waals surface area (Å²) in [5.41, 5.74) is 2.01. The van der Waals surface area contributed by atoms with Crippen LogP contribution in [0, 0.1) is 0 Å². The quantitative estimate of drug-likeness (QED) is 0.553. The zero-order chi connectivity index (χ0) is 22.3. The van der Waals surface area contributed by atoms with Crippen LogP contribution in [-0.4, -0.2) is 74.0 Å². The summed E-state index contributed by atoms with van der Waals surface area (Å²) in [6.07, 6.45) is 5.39. The second-order valence-electron chi connectivity index (χ2n) is 7.65. The first kappa shape index (κ1) is 23.7. The van der Waals surface area contributed by atoms with Crippen LogP contribution >= 0.6 is 15.9 Å². The fourth-order valence-electron chi connectivity index (χ4n) is 3.42. The number of hydrogen-bond donors (Lipinski definition) is 0. The summed E-state index contributed by atoms with van der Waals surface area (Å²) in [6, 6.07) is 17.6. The minimum absolute atomic E-state index is 0.136. The van der Waals surface area contributed by atoms with Crippen LogP contribution in [-0.2, 0) is 21.4 Å². The van der Waals surface area contributed by atoms with Crippen LogP contribution in [0.3, 0.4) is 0 Å². The number of rotatable bonds is 8. The van der Waals surface area contributed by atoms with Gasteiger partial charge in [0.1, 0.15) is 0 Å². The van der Waals surface area contributed by atoms with E-state index in [9.17, 15) is 13.2 Å². The standard InChI is InChI=1S/C23H28BrN3O3S/c1-31(29,30)27(18-21-9-11-22(24)12-10-21)19-23(28)26-16-14-25(15-17-26)13-5-8-20-6-3-2-4-7-20/h2-12H,13-19H2,1H3/b8-5+. The Balaban J connectivity index is 1.50. The van der Waals surface area contributed by atoms with E-state index in [4.69, 9.17) is 0 Å². The molecule has 0 unspecified atom stereocenters. The van der Waals surface area contributed by atoms with Crippen LogP contribution in [0.2, 0.25) is 0 Å². The molecule has 0 radical (unpaired) electrons. The van der Waals surface area contributed by atoms with E-state index in [-0.39, 0.29) is 19.0 Å². The molecule has 3 rings (SSSR count). The molecule has 0 bridgehead atoms. The Kier molecular flexibility index (Phi) is 8.43. The molecule has 166 valence electrons. The molecule has 2 aromatic carbocycles. The van der Waals surface area contributed by atoms with Gasteiger partial charge >= 0.3 is 0 Å². The Labute approximate surface area is 193 Å². The lowest BCUT2D eigenvalue weighted by Crippen LogP contribution is -2.51. The Morgan fingerprint density at radius 2 is 1.68 bits per heavy atom. The van der Waals surface area contributed by atoms with Gasteiger partial charge in [-0.3, -0.25) is 9.69 Å². The summed E-state index contributed by atoms with van der Waals surface area (Å²) in [6.45, 7) is 3.63. The number of benzene rings is 2. The molecular formula is C23H28BrN3O3S. The van der Waals surface area contributed by atoms with Crippen LogP contribution in [0.25, 0.3) is 6.08 Å². The third-order valence-corrected chi connectivity index (χ3v) is 6.98. The summed E-state index contributed by atoms with van der Waals surface area (Å²) in [5, 5.41) is 0. The third-order valence-electron chi connectivity index (χ3n) is 5.25. The van der Waals surface area contributed by atoms with Crippen molar-refractivity contribution in [3.63, 3.8) is 0 Å². The van der Waals surface area contributed by atoms with Crippen molar-refractivity contribution in [3.05, 3.63) is 76.3 Å². The predicted octanol–water partition coefficient (Wildman–Crippen LogP) is 3.07. The minimum atomic E-state index is -3.50. The number of carbonyl (C=O) groups excluding carboxylic acids is 1. The number of amides is 1. The minimum Gasteiger partial charge on any atom is -0.339 e. The predicted molar refractivity (Wildman–Crippen MR) is 128 cm³/mol. The highest BCUT2D eigenvalue weighted by atomic mass is 79.9. The first-order valence-corrected chi connectivity index (χ1v) is 12.9. The van der Waals surface area contributed by atoms with E-state index in [1.165, 1.54) is 9.87 Å². The molecule has 1 heterocycles. The van der Waals surface area contributed by atoms with E-state index in [1.807, 2.05) is 42.5 Å². The highest BCUT2D eigenvalue weighted by Crippen LogP contribution is 2.14. The second-order valence-corrected chi connectivity index (χ2v) is 10.6. The highest BCUT2D eigenvalue weighted by Gasteiger charge is 2.26. The molecule has 1 fully saturated rings. The summed E-state index contributed by atoms with van der Waals surface area (Å²) >= 11 is 3.37. The van der Waals surface area contributed by atoms with Gasteiger partial charge in [0, 0.05) is 43.7 Å². The summed E-state index contributed by atoms with van der Waals surface area (Å²) in [4.78, 5) is 16.8. The molecule has 0 aromatic heterocycles. The van der Waals surface area contributed by atoms with Crippen molar-refractivity contribution >= 4 is 37.9 Å². The lowest BCUT2D eigenvalue weighted by molar-refractivity contribution is -0.133. The number of carbonyl (C=O) groups is 1. The number of piperazine rings is 1. The molecule has 0 spiro atoms. The second kappa shape index (κ2) is 11.0. The summed E-state index contributed by atoms with van der Waals surface area (Å²) in [5.74, 6) is -0.151. The molecule has 0 aliphatic carbocycles. The first-order valence-electron chi connectivity index (χ1n) is 10.2. The molecule has 0 atom stereocenters. The fourth-order valence-corrected chi connectivity index (χ4v) is 4.41. The van der Waals surface area contributed by atoms with E-state index in [1.54, 1.807) is 4.90 Å².